The summed E-state index contributed by atoms with van der Waals surface area (Å²) in [7, 11) is 0. The molecule has 1 aliphatic carbocycles. The van der Waals surface area contributed by atoms with Gasteiger partial charge >= 0.3 is 5.97 Å². The molecule has 1 saturated carbocycles. The van der Waals surface area contributed by atoms with E-state index in [9.17, 15) is 14.9 Å². The highest BCUT2D eigenvalue weighted by atomic mass is 79.9. The van der Waals surface area contributed by atoms with Crippen molar-refractivity contribution in [2.45, 2.75) is 31.7 Å². The van der Waals surface area contributed by atoms with Gasteiger partial charge < -0.3 is 10.4 Å². The second kappa shape index (κ2) is 6.21. The lowest BCUT2D eigenvalue weighted by Crippen LogP contribution is -2.31. The van der Waals surface area contributed by atoms with Crippen molar-refractivity contribution in [3.8, 4) is 0 Å². The predicted molar refractivity (Wildman–Crippen MR) is 77.8 cm³/mol. The summed E-state index contributed by atoms with van der Waals surface area (Å²) in [6, 6.07) is 4.55. The van der Waals surface area contributed by atoms with Crippen molar-refractivity contribution >= 4 is 33.3 Å². The van der Waals surface area contributed by atoms with Gasteiger partial charge in [0.15, 0.2) is 0 Å². The molecular formula is C13H15BrN2O4. The Morgan fingerprint density at radius 1 is 1.45 bits per heavy atom. The van der Waals surface area contributed by atoms with Crippen molar-refractivity contribution in [2.24, 2.45) is 5.92 Å². The van der Waals surface area contributed by atoms with E-state index in [1.54, 1.807) is 6.07 Å². The molecule has 2 N–H and O–H groups in total. The van der Waals surface area contributed by atoms with Crippen LogP contribution in [0.5, 0.6) is 0 Å². The molecule has 0 aromatic heterocycles. The van der Waals surface area contributed by atoms with E-state index in [1.807, 2.05) is 0 Å². The molecule has 6 nitrogen and oxygen atoms in total. The molecule has 0 spiro atoms. The van der Waals surface area contributed by atoms with Crippen LogP contribution in [0.15, 0.2) is 22.7 Å². The van der Waals surface area contributed by atoms with Crippen molar-refractivity contribution in [3.63, 3.8) is 0 Å². The summed E-state index contributed by atoms with van der Waals surface area (Å²) in [5, 5.41) is 23.1. The first-order valence-corrected chi connectivity index (χ1v) is 7.20. The number of carboxylic acids is 1. The van der Waals surface area contributed by atoms with Gasteiger partial charge in [0.1, 0.15) is 0 Å². The van der Waals surface area contributed by atoms with Crippen LogP contribution in [-0.4, -0.2) is 22.0 Å². The average molecular weight is 343 g/mol. The van der Waals surface area contributed by atoms with Gasteiger partial charge in [0.25, 0.3) is 5.69 Å². The normalized spacial score (nSPS) is 22.2. The van der Waals surface area contributed by atoms with Gasteiger partial charge in [-0.3, -0.25) is 14.9 Å². The Balaban J connectivity index is 2.11. The van der Waals surface area contributed by atoms with Crippen LogP contribution in [0.4, 0.5) is 11.4 Å². The third-order valence-corrected chi connectivity index (χ3v) is 4.24. The summed E-state index contributed by atoms with van der Waals surface area (Å²) in [6.45, 7) is 0. The van der Waals surface area contributed by atoms with Crippen LogP contribution in [-0.2, 0) is 4.79 Å². The molecule has 2 atom stereocenters. The minimum absolute atomic E-state index is 0.0151. The number of carboxylic acid groups (broad SMARTS) is 1. The maximum atomic E-state index is 11.0. The first-order valence-electron chi connectivity index (χ1n) is 6.40. The van der Waals surface area contributed by atoms with Crippen LogP contribution in [0, 0.1) is 16.0 Å². The van der Waals surface area contributed by atoms with Crippen LogP contribution >= 0.6 is 15.9 Å². The molecule has 2 unspecified atom stereocenters. The minimum atomic E-state index is -0.769. The highest BCUT2D eigenvalue weighted by molar-refractivity contribution is 9.10. The predicted octanol–water partition coefficient (Wildman–Crippen LogP) is 3.41. The van der Waals surface area contributed by atoms with Crippen LogP contribution in [0.3, 0.4) is 0 Å². The highest BCUT2D eigenvalue weighted by Crippen LogP contribution is 2.31. The Hall–Kier alpha value is -1.63. The zero-order valence-electron chi connectivity index (χ0n) is 10.7. The summed E-state index contributed by atoms with van der Waals surface area (Å²) in [5.74, 6) is -1.10. The topological polar surface area (TPSA) is 92.5 Å². The van der Waals surface area contributed by atoms with Crippen LogP contribution in [0.1, 0.15) is 25.7 Å². The van der Waals surface area contributed by atoms with Crippen molar-refractivity contribution in [1.82, 2.24) is 0 Å². The lowest BCUT2D eigenvalue weighted by atomic mass is 9.85. The monoisotopic (exact) mass is 342 g/mol. The number of nitrogens with one attached hydrogen (secondary N) is 1. The van der Waals surface area contributed by atoms with E-state index in [0.717, 1.165) is 17.3 Å². The van der Waals surface area contributed by atoms with Gasteiger partial charge in [0.2, 0.25) is 0 Å². The van der Waals surface area contributed by atoms with E-state index in [-0.39, 0.29) is 17.6 Å². The summed E-state index contributed by atoms with van der Waals surface area (Å²) >= 11 is 3.35. The Bertz CT molecular complexity index is 535. The number of hydrogen-bond donors (Lipinski definition) is 2. The molecule has 2 rings (SSSR count). The van der Waals surface area contributed by atoms with Crippen LogP contribution < -0.4 is 5.32 Å². The molecule has 1 aliphatic rings. The summed E-state index contributed by atoms with van der Waals surface area (Å²) < 4.78 is 0.737. The summed E-state index contributed by atoms with van der Waals surface area (Å²) in [6.07, 6.45) is 2.97. The first kappa shape index (κ1) is 14.8. The fourth-order valence-corrected chi connectivity index (χ4v) is 2.86. The fraction of sp³-hybridized carbons (Fsp3) is 0.462. The largest absolute Gasteiger partial charge is 0.481 e. The molecule has 0 saturated heterocycles. The number of hydrogen-bond acceptors (Lipinski definition) is 4. The first-order chi connectivity index (χ1) is 9.47. The molecule has 0 heterocycles. The van der Waals surface area contributed by atoms with E-state index in [4.69, 9.17) is 5.11 Å². The van der Waals surface area contributed by atoms with Gasteiger partial charge in [-0.05, 0) is 41.3 Å². The maximum absolute atomic E-state index is 11.0. The molecule has 108 valence electrons. The number of halogens is 1. The van der Waals surface area contributed by atoms with Gasteiger partial charge in [0.05, 0.1) is 16.5 Å². The standard InChI is InChI=1S/C13H15BrN2O4/c14-11-5-4-10(16(19)20)7-12(11)15-9-3-1-2-8(6-9)13(17)18/h4-5,7-9,15H,1-3,6H2,(H,17,18). The van der Waals surface area contributed by atoms with Crippen molar-refractivity contribution in [1.29, 1.82) is 0 Å². The van der Waals surface area contributed by atoms with E-state index >= 15 is 0 Å². The number of carbonyl (C=O) groups is 1. The molecule has 0 radical (unpaired) electrons. The number of nitrogens with zero attached hydrogens (tertiary/aromatic N) is 1. The summed E-state index contributed by atoms with van der Waals surface area (Å²) in [4.78, 5) is 21.4. The number of rotatable bonds is 4. The van der Waals surface area contributed by atoms with E-state index in [0.29, 0.717) is 18.5 Å². The summed E-state index contributed by atoms with van der Waals surface area (Å²) in [5.41, 5.74) is 0.650. The fourth-order valence-electron chi connectivity index (χ4n) is 2.50. The van der Waals surface area contributed by atoms with Crippen molar-refractivity contribution in [3.05, 3.63) is 32.8 Å². The lowest BCUT2D eigenvalue weighted by Gasteiger charge is -2.28. The number of benzene rings is 1. The van der Waals surface area contributed by atoms with Crippen molar-refractivity contribution in [2.75, 3.05) is 5.32 Å². The van der Waals surface area contributed by atoms with Gasteiger partial charge in [-0.15, -0.1) is 0 Å². The van der Waals surface area contributed by atoms with Gasteiger partial charge in [-0.1, -0.05) is 6.42 Å². The molecule has 1 aromatic rings. The van der Waals surface area contributed by atoms with E-state index in [2.05, 4.69) is 21.2 Å². The second-order valence-electron chi connectivity index (χ2n) is 4.96. The Kier molecular flexibility index (Phi) is 4.59. The maximum Gasteiger partial charge on any atom is 0.306 e. The van der Waals surface area contributed by atoms with Gasteiger partial charge in [-0.25, -0.2) is 0 Å². The molecule has 0 amide bonds. The number of aliphatic carboxylic acids is 1. The molecule has 1 fully saturated rings. The molecule has 0 bridgehead atoms. The third kappa shape index (κ3) is 3.47. The third-order valence-electron chi connectivity index (χ3n) is 3.54. The zero-order chi connectivity index (χ0) is 14.7. The lowest BCUT2D eigenvalue weighted by molar-refractivity contribution is -0.384. The second-order valence-corrected chi connectivity index (χ2v) is 5.82. The number of nitro benzene ring substituents is 1. The minimum Gasteiger partial charge on any atom is -0.481 e. The molecule has 7 heteroatoms. The van der Waals surface area contributed by atoms with Gasteiger partial charge in [-0.2, -0.15) is 0 Å². The van der Waals surface area contributed by atoms with E-state index < -0.39 is 10.9 Å². The number of nitro groups is 1. The average Bonchev–Trinajstić information content (AvgIpc) is 2.41. The smallest absolute Gasteiger partial charge is 0.306 e. The zero-order valence-corrected chi connectivity index (χ0v) is 12.3. The van der Waals surface area contributed by atoms with Crippen molar-refractivity contribution < 1.29 is 14.8 Å². The number of non-ortho nitro benzene ring substituents is 1. The quantitative estimate of drug-likeness (QED) is 0.646. The Labute approximate surface area is 124 Å². The van der Waals surface area contributed by atoms with Crippen LogP contribution in [0.2, 0.25) is 0 Å². The van der Waals surface area contributed by atoms with E-state index in [1.165, 1.54) is 12.1 Å². The van der Waals surface area contributed by atoms with Gasteiger partial charge in [0, 0.05) is 22.6 Å². The molecule has 0 aliphatic heterocycles. The highest BCUT2D eigenvalue weighted by Gasteiger charge is 2.27. The molecular weight excluding hydrogens is 328 g/mol. The Morgan fingerprint density at radius 2 is 2.20 bits per heavy atom. The Morgan fingerprint density at radius 3 is 2.85 bits per heavy atom. The van der Waals surface area contributed by atoms with Crippen LogP contribution in [0.25, 0.3) is 0 Å². The number of anilines is 1. The molecule has 20 heavy (non-hydrogen) atoms. The molecule has 1 aromatic carbocycles. The SMILES string of the molecule is O=C(O)C1CCCC(Nc2cc([N+](=O)[O-])ccc2Br)C1.